The minimum atomic E-state index is -3.18. The van der Waals surface area contributed by atoms with Gasteiger partial charge >= 0.3 is 5.99 Å². The van der Waals surface area contributed by atoms with Gasteiger partial charge in [0.05, 0.1) is 0 Å². The van der Waals surface area contributed by atoms with Crippen LogP contribution in [-0.4, -0.2) is 28.7 Å². The van der Waals surface area contributed by atoms with Crippen LogP contribution in [0.3, 0.4) is 0 Å². The van der Waals surface area contributed by atoms with Gasteiger partial charge in [0, 0.05) is 6.26 Å². The van der Waals surface area contributed by atoms with Crippen molar-refractivity contribution >= 4 is 45.1 Å². The van der Waals surface area contributed by atoms with Gasteiger partial charge in [-0.1, -0.05) is 82.9 Å². The van der Waals surface area contributed by atoms with Crippen LogP contribution in [0.15, 0.2) is 48.5 Å². The van der Waals surface area contributed by atoms with Crippen LogP contribution in [0.1, 0.15) is 0 Å². The first-order chi connectivity index (χ1) is 9.33. The molecule has 0 N–H and O–H groups in total. The minimum absolute atomic E-state index is 0.518. The fraction of sp³-hybridized carbons (Fsp3) is 0.200. The molecule has 0 fully saturated rings. The highest BCUT2D eigenvalue weighted by molar-refractivity contribution is 8.20. The molecule has 0 atom stereocenters. The standard InChI is InChI=1S/C15H17BO2SSi/c1-19(17,18)16-12-8-4-6-10-14(12)20(2,3)15-11-7-5-9-13(15)16/h4-11H,1-3H3. The number of hydrogen-bond acceptors (Lipinski definition) is 2. The van der Waals surface area contributed by atoms with E-state index < -0.39 is 23.8 Å². The van der Waals surface area contributed by atoms with Crippen LogP contribution in [-0.2, 0) is 9.69 Å². The largest absolute Gasteiger partial charge is 0.355 e. The van der Waals surface area contributed by atoms with Crippen molar-refractivity contribution in [3.63, 3.8) is 0 Å². The predicted octanol–water partition coefficient (Wildman–Crippen LogP) is -0.0271. The van der Waals surface area contributed by atoms with E-state index in [9.17, 15) is 8.42 Å². The van der Waals surface area contributed by atoms with E-state index in [4.69, 9.17) is 0 Å². The highest BCUT2D eigenvalue weighted by Gasteiger charge is 2.45. The summed E-state index contributed by atoms with van der Waals surface area (Å²) in [5.41, 5.74) is 1.95. The molecule has 0 unspecified atom stereocenters. The summed E-state index contributed by atoms with van der Waals surface area (Å²) >= 11 is 0. The fourth-order valence-electron chi connectivity index (χ4n) is 3.36. The molecule has 102 valence electrons. The Morgan fingerprint density at radius 2 is 1.25 bits per heavy atom. The lowest BCUT2D eigenvalue weighted by Crippen LogP contribution is -2.75. The number of rotatable bonds is 1. The zero-order valence-corrected chi connectivity index (χ0v) is 13.7. The summed E-state index contributed by atoms with van der Waals surface area (Å²) in [5.74, 6) is -0.518. The lowest BCUT2D eigenvalue weighted by molar-refractivity contribution is 0.614. The molecule has 0 spiro atoms. The Balaban J connectivity index is 2.42. The van der Waals surface area contributed by atoms with Gasteiger partial charge in [-0.3, -0.25) is 0 Å². The highest BCUT2D eigenvalue weighted by Crippen LogP contribution is 2.10. The average Bonchev–Trinajstić information content (AvgIpc) is 2.38. The number of benzene rings is 2. The summed E-state index contributed by atoms with van der Waals surface area (Å²) in [6, 6.07) is 16.1. The molecule has 0 amide bonds. The van der Waals surface area contributed by atoms with E-state index in [0.717, 1.165) is 10.9 Å². The molecule has 20 heavy (non-hydrogen) atoms. The maximum atomic E-state index is 12.3. The zero-order valence-electron chi connectivity index (χ0n) is 11.9. The Labute approximate surface area is 121 Å². The molecule has 0 bridgehead atoms. The quantitative estimate of drug-likeness (QED) is 0.693. The summed E-state index contributed by atoms with van der Waals surface area (Å²) in [5, 5.41) is 2.49. The zero-order chi connectivity index (χ0) is 14.5. The van der Waals surface area contributed by atoms with Crippen LogP contribution < -0.4 is 21.3 Å². The first-order valence-corrected chi connectivity index (χ1v) is 11.7. The van der Waals surface area contributed by atoms with Crippen molar-refractivity contribution in [3.05, 3.63) is 48.5 Å². The molecule has 1 aliphatic rings. The molecule has 2 aromatic carbocycles. The van der Waals surface area contributed by atoms with Crippen molar-refractivity contribution in [2.24, 2.45) is 0 Å². The van der Waals surface area contributed by atoms with Gasteiger partial charge in [0.15, 0.2) is 0 Å². The predicted molar refractivity (Wildman–Crippen MR) is 89.5 cm³/mol. The van der Waals surface area contributed by atoms with Crippen molar-refractivity contribution in [2.75, 3.05) is 6.26 Å². The molecule has 1 aliphatic heterocycles. The summed E-state index contributed by atoms with van der Waals surface area (Å²) in [6.07, 6.45) is 1.34. The average molecular weight is 300 g/mol. The minimum Gasteiger partial charge on any atom is -0.240 e. The topological polar surface area (TPSA) is 34.1 Å². The summed E-state index contributed by atoms with van der Waals surface area (Å²) in [6.45, 7) is 4.59. The van der Waals surface area contributed by atoms with Gasteiger partial charge in [-0.25, -0.2) is 8.42 Å². The second kappa shape index (κ2) is 4.33. The molecule has 2 aromatic rings. The molecule has 1 heterocycles. The Morgan fingerprint density at radius 1 is 0.850 bits per heavy atom. The fourth-order valence-corrected chi connectivity index (χ4v) is 8.12. The van der Waals surface area contributed by atoms with Gasteiger partial charge < -0.3 is 0 Å². The van der Waals surface area contributed by atoms with E-state index in [1.807, 2.05) is 36.4 Å². The summed E-state index contributed by atoms with van der Waals surface area (Å²) in [7, 11) is -5.00. The third-order valence-corrected chi connectivity index (χ3v) is 9.23. The van der Waals surface area contributed by atoms with Gasteiger partial charge in [0.25, 0.3) is 0 Å². The third kappa shape index (κ3) is 1.88. The maximum Gasteiger partial charge on any atom is 0.355 e. The van der Waals surface area contributed by atoms with Crippen molar-refractivity contribution in [3.8, 4) is 0 Å². The molecule has 0 aliphatic carbocycles. The molecule has 0 saturated carbocycles. The van der Waals surface area contributed by atoms with Crippen molar-refractivity contribution in [2.45, 2.75) is 13.1 Å². The summed E-state index contributed by atoms with van der Waals surface area (Å²) in [4.78, 5) is 0. The van der Waals surface area contributed by atoms with Crippen molar-refractivity contribution < 1.29 is 8.42 Å². The monoisotopic (exact) mass is 300 g/mol. The molecule has 0 saturated heterocycles. The molecular weight excluding hydrogens is 283 g/mol. The van der Waals surface area contributed by atoms with Crippen LogP contribution in [0.2, 0.25) is 13.1 Å². The van der Waals surface area contributed by atoms with Crippen LogP contribution in [0, 0.1) is 0 Å². The van der Waals surface area contributed by atoms with E-state index >= 15 is 0 Å². The Bertz CT molecular complexity index is 734. The molecule has 0 radical (unpaired) electrons. The Kier molecular flexibility index (Phi) is 2.96. The van der Waals surface area contributed by atoms with Crippen LogP contribution in [0.4, 0.5) is 0 Å². The van der Waals surface area contributed by atoms with Gasteiger partial charge in [0.2, 0.25) is 0 Å². The highest BCUT2D eigenvalue weighted by atomic mass is 32.2. The Hall–Kier alpha value is -1.33. The first-order valence-electron chi connectivity index (χ1n) is 6.71. The van der Waals surface area contributed by atoms with E-state index in [-0.39, 0.29) is 0 Å². The van der Waals surface area contributed by atoms with Gasteiger partial charge in [-0.05, 0) is 0 Å². The van der Waals surface area contributed by atoms with E-state index in [2.05, 4.69) is 25.2 Å². The molecule has 2 nitrogen and oxygen atoms in total. The van der Waals surface area contributed by atoms with Gasteiger partial charge in [0.1, 0.15) is 17.8 Å². The van der Waals surface area contributed by atoms with Crippen LogP contribution in [0.25, 0.3) is 0 Å². The summed E-state index contributed by atoms with van der Waals surface area (Å²) < 4.78 is 24.7. The lowest BCUT2D eigenvalue weighted by Gasteiger charge is -2.36. The van der Waals surface area contributed by atoms with Crippen LogP contribution in [0.5, 0.6) is 0 Å². The van der Waals surface area contributed by atoms with E-state index in [0.29, 0.717) is 0 Å². The molecular formula is C15H17BO2SSi. The lowest BCUT2D eigenvalue weighted by atomic mass is 9.61. The van der Waals surface area contributed by atoms with E-state index in [1.54, 1.807) is 0 Å². The number of hydrogen-bond donors (Lipinski definition) is 0. The number of fused-ring (bicyclic) bond motifs is 2. The molecule has 3 rings (SSSR count). The SMILES string of the molecule is C[Si]1(C)c2ccccc2B(S(C)(=O)=O)c2ccccc21. The van der Waals surface area contributed by atoms with Crippen LogP contribution >= 0.6 is 0 Å². The molecule has 0 aromatic heterocycles. The second-order valence-electron chi connectivity index (χ2n) is 6.01. The second-order valence-corrected chi connectivity index (χ2v) is 12.5. The van der Waals surface area contributed by atoms with E-state index in [1.165, 1.54) is 16.6 Å². The normalized spacial score (nSPS) is 16.4. The third-order valence-electron chi connectivity index (χ3n) is 4.26. The van der Waals surface area contributed by atoms with Crippen molar-refractivity contribution in [1.82, 2.24) is 0 Å². The van der Waals surface area contributed by atoms with Crippen molar-refractivity contribution in [1.29, 1.82) is 0 Å². The maximum absolute atomic E-state index is 12.3. The smallest absolute Gasteiger partial charge is 0.240 e. The first kappa shape index (κ1) is 13.6. The van der Waals surface area contributed by atoms with Gasteiger partial charge in [-0.2, -0.15) is 0 Å². The Morgan fingerprint density at radius 3 is 1.65 bits per heavy atom. The van der Waals surface area contributed by atoms with Gasteiger partial charge in [-0.15, -0.1) is 0 Å². The molecule has 5 heteroatoms.